The fraction of sp³-hybridized carbons (Fsp3) is 0.533. The van der Waals surface area contributed by atoms with Gasteiger partial charge < -0.3 is 15.7 Å². The van der Waals surface area contributed by atoms with Gasteiger partial charge in [0.25, 0.3) is 0 Å². The monoisotopic (exact) mass is 280 g/mol. The normalized spacial score (nSPS) is 10.8. The molecule has 0 aliphatic heterocycles. The second-order valence-corrected chi connectivity index (χ2v) is 5.16. The zero-order valence-electron chi connectivity index (χ0n) is 12.0. The molecular formula is C15H24N2OS. The molecule has 0 aliphatic carbocycles. The van der Waals surface area contributed by atoms with Crippen molar-refractivity contribution >= 4 is 22.9 Å². The van der Waals surface area contributed by atoms with E-state index < -0.39 is 0 Å². The van der Waals surface area contributed by atoms with Gasteiger partial charge in [0.15, 0.2) is 0 Å². The largest absolute Gasteiger partial charge is 0.395 e. The molecule has 1 aromatic rings. The van der Waals surface area contributed by atoms with Crippen molar-refractivity contribution in [2.75, 3.05) is 18.1 Å². The smallest absolute Gasteiger partial charge is 0.106 e. The van der Waals surface area contributed by atoms with Gasteiger partial charge in [0.2, 0.25) is 0 Å². The third-order valence-corrected chi connectivity index (χ3v) is 3.73. The van der Waals surface area contributed by atoms with Crippen LogP contribution < -0.4 is 10.6 Å². The number of nitrogens with two attached hydrogens (primary N) is 1. The molecule has 0 radical (unpaired) electrons. The number of para-hydroxylation sites is 1. The molecule has 0 spiro atoms. The highest BCUT2D eigenvalue weighted by Crippen LogP contribution is 2.28. The molecule has 1 rings (SSSR count). The van der Waals surface area contributed by atoms with Gasteiger partial charge in [-0.1, -0.05) is 38.2 Å². The predicted octanol–water partition coefficient (Wildman–Crippen LogP) is 2.62. The fourth-order valence-electron chi connectivity index (χ4n) is 2.55. The molecule has 0 fully saturated rings. The molecule has 0 saturated heterocycles. The van der Waals surface area contributed by atoms with E-state index in [1.807, 2.05) is 12.1 Å². The van der Waals surface area contributed by atoms with E-state index in [9.17, 15) is 5.11 Å². The van der Waals surface area contributed by atoms with E-state index in [4.69, 9.17) is 18.0 Å². The second kappa shape index (κ2) is 7.46. The molecule has 0 atom stereocenters. The van der Waals surface area contributed by atoms with Crippen molar-refractivity contribution < 1.29 is 5.11 Å². The quantitative estimate of drug-likeness (QED) is 0.754. The van der Waals surface area contributed by atoms with Crippen LogP contribution in [0.5, 0.6) is 0 Å². The molecule has 0 heterocycles. The Hall–Kier alpha value is -1.13. The maximum absolute atomic E-state index is 9.35. The topological polar surface area (TPSA) is 49.5 Å². The molecule has 0 bridgehead atoms. The van der Waals surface area contributed by atoms with Gasteiger partial charge in [0, 0.05) is 18.2 Å². The molecule has 106 valence electrons. The van der Waals surface area contributed by atoms with Gasteiger partial charge in [0.1, 0.15) is 4.99 Å². The van der Waals surface area contributed by atoms with Gasteiger partial charge in [-0.25, -0.2) is 0 Å². The Morgan fingerprint density at radius 2 is 2.00 bits per heavy atom. The lowest BCUT2D eigenvalue weighted by molar-refractivity contribution is 0.296. The van der Waals surface area contributed by atoms with E-state index >= 15 is 0 Å². The summed E-state index contributed by atoms with van der Waals surface area (Å²) in [4.78, 5) is 2.65. The van der Waals surface area contributed by atoms with Crippen LogP contribution in [0.15, 0.2) is 18.2 Å². The SMILES string of the molecule is CCC(CC)N(CCO)c1c(C)cccc1C(N)=S. The molecule has 0 aromatic heterocycles. The molecule has 3 nitrogen and oxygen atoms in total. The average molecular weight is 280 g/mol. The summed E-state index contributed by atoms with van der Waals surface area (Å²) < 4.78 is 0. The Morgan fingerprint density at radius 1 is 1.37 bits per heavy atom. The van der Waals surface area contributed by atoms with Crippen LogP contribution >= 0.6 is 12.2 Å². The third-order valence-electron chi connectivity index (χ3n) is 3.51. The Bertz CT molecular complexity index is 430. The van der Waals surface area contributed by atoms with Crippen molar-refractivity contribution in [1.82, 2.24) is 0 Å². The first-order chi connectivity index (χ1) is 9.06. The van der Waals surface area contributed by atoms with Gasteiger partial charge in [0.05, 0.1) is 12.3 Å². The standard InChI is InChI=1S/C15H24N2OS/c1-4-12(5-2)17(9-10-18)14-11(3)7-6-8-13(14)15(16)19/h6-8,12,18H,4-5,9-10H2,1-3H3,(H2,16,19). The zero-order valence-corrected chi connectivity index (χ0v) is 12.8. The summed E-state index contributed by atoms with van der Waals surface area (Å²) in [5.41, 5.74) is 8.95. The maximum atomic E-state index is 9.35. The van der Waals surface area contributed by atoms with Gasteiger partial charge >= 0.3 is 0 Å². The van der Waals surface area contributed by atoms with Crippen LogP contribution in [0.2, 0.25) is 0 Å². The highest BCUT2D eigenvalue weighted by atomic mass is 32.1. The van der Waals surface area contributed by atoms with Gasteiger partial charge in [-0.3, -0.25) is 0 Å². The predicted molar refractivity (Wildman–Crippen MR) is 85.9 cm³/mol. The molecule has 0 aliphatic rings. The van der Waals surface area contributed by atoms with Crippen LogP contribution in [0.4, 0.5) is 5.69 Å². The van der Waals surface area contributed by atoms with Crippen molar-refractivity contribution in [2.24, 2.45) is 5.73 Å². The Morgan fingerprint density at radius 3 is 2.47 bits per heavy atom. The van der Waals surface area contributed by atoms with E-state index in [0.29, 0.717) is 17.6 Å². The van der Waals surface area contributed by atoms with E-state index in [-0.39, 0.29) is 6.61 Å². The van der Waals surface area contributed by atoms with Crippen LogP contribution in [0.1, 0.15) is 37.8 Å². The van der Waals surface area contributed by atoms with Crippen LogP contribution in [0, 0.1) is 6.92 Å². The van der Waals surface area contributed by atoms with Gasteiger partial charge in [-0.2, -0.15) is 0 Å². The number of thiocarbonyl (C=S) groups is 1. The molecule has 1 aromatic carbocycles. The lowest BCUT2D eigenvalue weighted by Gasteiger charge is -2.34. The molecule has 0 saturated carbocycles. The summed E-state index contributed by atoms with van der Waals surface area (Å²) in [6, 6.07) is 6.37. The van der Waals surface area contributed by atoms with Crippen molar-refractivity contribution in [1.29, 1.82) is 0 Å². The van der Waals surface area contributed by atoms with Crippen LogP contribution in [-0.4, -0.2) is 29.3 Å². The highest BCUT2D eigenvalue weighted by molar-refractivity contribution is 7.80. The first-order valence-electron chi connectivity index (χ1n) is 6.83. The van der Waals surface area contributed by atoms with Crippen LogP contribution in [0.25, 0.3) is 0 Å². The Kier molecular flexibility index (Phi) is 6.25. The number of benzene rings is 1. The first kappa shape index (κ1) is 15.9. The number of aryl methyl sites for hydroxylation is 1. The average Bonchev–Trinajstić information content (AvgIpc) is 2.39. The molecule has 0 amide bonds. The summed E-state index contributed by atoms with van der Waals surface area (Å²) >= 11 is 5.16. The van der Waals surface area contributed by atoms with Crippen molar-refractivity contribution in [3.8, 4) is 0 Å². The molecule has 3 N–H and O–H groups in total. The zero-order chi connectivity index (χ0) is 14.4. The minimum atomic E-state index is 0.127. The van der Waals surface area contributed by atoms with E-state index in [2.05, 4.69) is 31.7 Å². The Balaban J connectivity index is 3.32. The lowest BCUT2D eigenvalue weighted by Crippen LogP contribution is -2.38. The number of nitrogens with zero attached hydrogens (tertiary/aromatic N) is 1. The molecular weight excluding hydrogens is 256 g/mol. The van der Waals surface area contributed by atoms with Crippen molar-refractivity contribution in [3.05, 3.63) is 29.3 Å². The number of aliphatic hydroxyl groups excluding tert-OH is 1. The third kappa shape index (κ3) is 3.67. The fourth-order valence-corrected chi connectivity index (χ4v) is 2.72. The first-order valence-corrected chi connectivity index (χ1v) is 7.24. The van der Waals surface area contributed by atoms with Crippen LogP contribution in [0.3, 0.4) is 0 Å². The summed E-state index contributed by atoms with van der Waals surface area (Å²) in [6.45, 7) is 7.12. The minimum absolute atomic E-state index is 0.127. The molecule has 0 unspecified atom stereocenters. The molecule has 4 heteroatoms. The summed E-state index contributed by atoms with van der Waals surface area (Å²) in [5.74, 6) is 0. The number of aliphatic hydroxyl groups is 1. The van der Waals surface area contributed by atoms with E-state index in [0.717, 1.165) is 29.7 Å². The number of rotatable bonds is 7. The Labute approximate surface area is 121 Å². The summed E-state index contributed by atoms with van der Waals surface area (Å²) in [7, 11) is 0. The summed E-state index contributed by atoms with van der Waals surface area (Å²) in [5, 5.41) is 9.35. The number of anilines is 1. The van der Waals surface area contributed by atoms with Crippen molar-refractivity contribution in [3.63, 3.8) is 0 Å². The second-order valence-electron chi connectivity index (χ2n) is 4.72. The van der Waals surface area contributed by atoms with Gasteiger partial charge in [-0.05, 0) is 31.4 Å². The summed E-state index contributed by atoms with van der Waals surface area (Å²) in [6.07, 6.45) is 2.06. The van der Waals surface area contributed by atoms with Crippen LogP contribution in [-0.2, 0) is 0 Å². The molecule has 19 heavy (non-hydrogen) atoms. The van der Waals surface area contributed by atoms with Gasteiger partial charge in [-0.15, -0.1) is 0 Å². The maximum Gasteiger partial charge on any atom is 0.106 e. The minimum Gasteiger partial charge on any atom is -0.395 e. The number of hydrogen-bond acceptors (Lipinski definition) is 3. The van der Waals surface area contributed by atoms with E-state index in [1.54, 1.807) is 0 Å². The number of hydrogen-bond donors (Lipinski definition) is 2. The lowest BCUT2D eigenvalue weighted by atomic mass is 10.0. The van der Waals surface area contributed by atoms with Crippen molar-refractivity contribution in [2.45, 2.75) is 39.7 Å². The van der Waals surface area contributed by atoms with E-state index in [1.165, 1.54) is 0 Å². The highest BCUT2D eigenvalue weighted by Gasteiger charge is 2.20.